The van der Waals surface area contributed by atoms with Crippen molar-refractivity contribution in [2.45, 2.75) is 26.2 Å². The summed E-state index contributed by atoms with van der Waals surface area (Å²) in [5, 5.41) is 2.94. The molecule has 1 aromatic rings. The molecule has 1 aliphatic carbocycles. The Labute approximate surface area is 100 Å². The number of rotatable bonds is 5. The highest BCUT2D eigenvalue weighted by Gasteiger charge is 2.41. The van der Waals surface area contributed by atoms with Crippen LogP contribution in [0.5, 0.6) is 0 Å². The highest BCUT2D eigenvalue weighted by Crippen LogP contribution is 2.48. The fraction of sp³-hybridized carbons (Fsp3) is 0.583. The predicted molar refractivity (Wildman–Crippen MR) is 62.8 cm³/mol. The lowest BCUT2D eigenvalue weighted by molar-refractivity contribution is 0.0944. The average molecular weight is 242 g/mol. The Kier molecular flexibility index (Phi) is 3.24. The molecule has 0 atom stereocenters. The lowest BCUT2D eigenvalue weighted by Gasteiger charge is -2.13. The third kappa shape index (κ3) is 2.59. The van der Waals surface area contributed by atoms with Gasteiger partial charge in [0.25, 0.3) is 5.91 Å². The second-order valence-corrected chi connectivity index (χ2v) is 4.95. The summed E-state index contributed by atoms with van der Waals surface area (Å²) < 4.78 is 5.10. The van der Waals surface area contributed by atoms with E-state index in [1.165, 1.54) is 19.1 Å². The molecule has 1 aliphatic rings. The van der Waals surface area contributed by atoms with Gasteiger partial charge in [-0.2, -0.15) is 0 Å². The molecule has 88 valence electrons. The van der Waals surface area contributed by atoms with Gasteiger partial charge in [-0.1, -0.05) is 0 Å². The molecule has 1 saturated carbocycles. The van der Waals surface area contributed by atoms with E-state index in [1.54, 1.807) is 6.07 Å². The normalized spacial score (nSPS) is 17.1. The van der Waals surface area contributed by atoms with Crippen molar-refractivity contribution in [3.05, 3.63) is 23.7 Å². The molecule has 1 aromatic heterocycles. The molecule has 1 amide bonds. The largest absolute Gasteiger partial charge is 0.469 e. The van der Waals surface area contributed by atoms with E-state index >= 15 is 0 Å². The van der Waals surface area contributed by atoms with Crippen LogP contribution >= 0.6 is 11.6 Å². The molecule has 16 heavy (non-hydrogen) atoms. The number of alkyl halides is 1. The molecule has 0 radical (unpaired) electrons. The van der Waals surface area contributed by atoms with E-state index in [2.05, 4.69) is 5.32 Å². The van der Waals surface area contributed by atoms with Crippen molar-refractivity contribution >= 4 is 17.5 Å². The van der Waals surface area contributed by atoms with Gasteiger partial charge in [-0.3, -0.25) is 4.79 Å². The Hall–Kier alpha value is -0.960. The second kappa shape index (κ2) is 4.50. The minimum absolute atomic E-state index is 0.0577. The van der Waals surface area contributed by atoms with Crippen LogP contribution in [-0.4, -0.2) is 18.3 Å². The summed E-state index contributed by atoms with van der Waals surface area (Å²) in [4.78, 5) is 11.7. The zero-order valence-corrected chi connectivity index (χ0v) is 10.1. The maximum atomic E-state index is 11.7. The van der Waals surface area contributed by atoms with Gasteiger partial charge >= 0.3 is 0 Å². The van der Waals surface area contributed by atoms with Crippen LogP contribution in [-0.2, 0) is 0 Å². The Morgan fingerprint density at radius 2 is 2.38 bits per heavy atom. The number of hydrogen-bond acceptors (Lipinski definition) is 2. The van der Waals surface area contributed by atoms with Crippen molar-refractivity contribution < 1.29 is 9.21 Å². The van der Waals surface area contributed by atoms with Crippen molar-refractivity contribution in [1.29, 1.82) is 0 Å². The van der Waals surface area contributed by atoms with Gasteiger partial charge in [-0.05, 0) is 37.7 Å². The average Bonchev–Trinajstić information content (AvgIpc) is 2.89. The lowest BCUT2D eigenvalue weighted by atomic mass is 10.0. The molecule has 3 nitrogen and oxygen atoms in total. The van der Waals surface area contributed by atoms with Crippen LogP contribution in [0.4, 0.5) is 0 Å². The quantitative estimate of drug-likeness (QED) is 0.806. The standard InChI is InChI=1S/C12H16ClNO2/c1-9-6-10(7-16-9)11(15)14-8-12(2-3-12)4-5-13/h6-7H,2-5,8H2,1H3,(H,14,15). The van der Waals surface area contributed by atoms with E-state index in [9.17, 15) is 4.79 Å². The van der Waals surface area contributed by atoms with Gasteiger partial charge in [-0.15, -0.1) is 11.6 Å². The number of amides is 1. The van der Waals surface area contributed by atoms with Crippen molar-refractivity contribution in [3.8, 4) is 0 Å². The SMILES string of the molecule is Cc1cc(C(=O)NCC2(CCCl)CC2)co1. The zero-order chi connectivity index (χ0) is 11.6. The van der Waals surface area contributed by atoms with Gasteiger partial charge in [-0.25, -0.2) is 0 Å². The maximum Gasteiger partial charge on any atom is 0.254 e. The minimum Gasteiger partial charge on any atom is -0.469 e. The van der Waals surface area contributed by atoms with Crippen LogP contribution < -0.4 is 5.32 Å². The van der Waals surface area contributed by atoms with Crippen LogP contribution in [0.1, 0.15) is 35.4 Å². The van der Waals surface area contributed by atoms with Gasteiger partial charge in [0.1, 0.15) is 12.0 Å². The number of carbonyl (C=O) groups excluding carboxylic acids is 1. The Morgan fingerprint density at radius 1 is 1.62 bits per heavy atom. The zero-order valence-electron chi connectivity index (χ0n) is 9.38. The summed E-state index contributed by atoms with van der Waals surface area (Å²) in [5.41, 5.74) is 0.870. The Balaban J connectivity index is 1.84. The Morgan fingerprint density at radius 3 is 2.88 bits per heavy atom. The van der Waals surface area contributed by atoms with Gasteiger partial charge in [0.15, 0.2) is 0 Å². The molecule has 0 aliphatic heterocycles. The van der Waals surface area contributed by atoms with Gasteiger partial charge < -0.3 is 9.73 Å². The first-order chi connectivity index (χ1) is 7.65. The van der Waals surface area contributed by atoms with Crippen LogP contribution in [0.15, 0.2) is 16.7 Å². The summed E-state index contributed by atoms with van der Waals surface area (Å²) in [7, 11) is 0. The van der Waals surface area contributed by atoms with Crippen molar-refractivity contribution in [2.75, 3.05) is 12.4 Å². The molecule has 0 unspecified atom stereocenters. The van der Waals surface area contributed by atoms with E-state index in [0.717, 1.165) is 18.7 Å². The fourth-order valence-corrected chi connectivity index (χ4v) is 2.23. The highest BCUT2D eigenvalue weighted by molar-refractivity contribution is 6.17. The number of carbonyl (C=O) groups is 1. The van der Waals surface area contributed by atoms with E-state index in [4.69, 9.17) is 16.0 Å². The second-order valence-electron chi connectivity index (χ2n) is 4.57. The van der Waals surface area contributed by atoms with Gasteiger partial charge in [0.2, 0.25) is 0 Å². The summed E-state index contributed by atoms with van der Waals surface area (Å²) in [6.07, 6.45) is 4.82. The van der Waals surface area contributed by atoms with E-state index in [0.29, 0.717) is 11.4 Å². The topological polar surface area (TPSA) is 42.2 Å². The van der Waals surface area contributed by atoms with Crippen molar-refractivity contribution in [1.82, 2.24) is 5.32 Å². The minimum atomic E-state index is -0.0577. The van der Waals surface area contributed by atoms with Crippen LogP contribution in [0.2, 0.25) is 0 Å². The molecular weight excluding hydrogens is 226 g/mol. The Bertz CT molecular complexity index is 382. The maximum absolute atomic E-state index is 11.7. The number of hydrogen-bond donors (Lipinski definition) is 1. The monoisotopic (exact) mass is 241 g/mol. The lowest BCUT2D eigenvalue weighted by Crippen LogP contribution is -2.30. The van der Waals surface area contributed by atoms with E-state index in [1.807, 2.05) is 6.92 Å². The van der Waals surface area contributed by atoms with Crippen molar-refractivity contribution in [3.63, 3.8) is 0 Å². The number of aryl methyl sites for hydroxylation is 1. The summed E-state index contributed by atoms with van der Waals surface area (Å²) in [6, 6.07) is 1.75. The van der Waals surface area contributed by atoms with Gasteiger partial charge in [0.05, 0.1) is 5.56 Å². The number of furan rings is 1. The van der Waals surface area contributed by atoms with Crippen LogP contribution in [0.3, 0.4) is 0 Å². The molecule has 1 N–H and O–H groups in total. The molecule has 0 spiro atoms. The molecular formula is C12H16ClNO2. The first-order valence-electron chi connectivity index (χ1n) is 5.55. The first-order valence-corrected chi connectivity index (χ1v) is 6.08. The molecule has 0 aromatic carbocycles. The predicted octanol–water partition coefficient (Wildman–Crippen LogP) is 2.73. The first kappa shape index (κ1) is 11.5. The molecule has 0 bridgehead atoms. The third-order valence-corrected chi connectivity index (χ3v) is 3.39. The van der Waals surface area contributed by atoms with E-state index in [-0.39, 0.29) is 11.3 Å². The molecule has 0 saturated heterocycles. The molecule has 1 heterocycles. The fourth-order valence-electron chi connectivity index (χ4n) is 1.82. The van der Waals surface area contributed by atoms with Crippen LogP contribution in [0.25, 0.3) is 0 Å². The van der Waals surface area contributed by atoms with E-state index < -0.39 is 0 Å². The molecule has 2 rings (SSSR count). The molecule has 4 heteroatoms. The highest BCUT2D eigenvalue weighted by atomic mass is 35.5. The van der Waals surface area contributed by atoms with Crippen LogP contribution in [0, 0.1) is 12.3 Å². The molecule has 1 fully saturated rings. The number of halogens is 1. The van der Waals surface area contributed by atoms with Gasteiger partial charge in [0, 0.05) is 12.4 Å². The number of nitrogens with one attached hydrogen (secondary N) is 1. The summed E-state index contributed by atoms with van der Waals surface area (Å²) in [5.74, 6) is 1.37. The summed E-state index contributed by atoms with van der Waals surface area (Å²) >= 11 is 5.73. The smallest absolute Gasteiger partial charge is 0.254 e. The summed E-state index contributed by atoms with van der Waals surface area (Å²) in [6.45, 7) is 2.55. The van der Waals surface area contributed by atoms with Crippen molar-refractivity contribution in [2.24, 2.45) is 5.41 Å². The third-order valence-electron chi connectivity index (χ3n) is 3.20.